The van der Waals surface area contributed by atoms with Gasteiger partial charge >= 0.3 is 0 Å². The molecule has 282 valence electrons. The van der Waals surface area contributed by atoms with Crippen LogP contribution in [0.15, 0.2) is 192 Å². The van der Waals surface area contributed by atoms with Crippen molar-refractivity contribution in [3.63, 3.8) is 0 Å². The maximum atomic E-state index is 11.0. The Morgan fingerprint density at radius 1 is 0.508 bits per heavy atom. The summed E-state index contributed by atoms with van der Waals surface area (Å²) in [5.41, 5.74) is 12.1. The number of nitriles is 1. The molecule has 8 aromatic carbocycles. The molecule has 7 heteroatoms. The highest BCUT2D eigenvalue weighted by Gasteiger charge is 2.50. The molecule has 10 aromatic rings. The molecule has 0 atom stereocenters. The molecule has 12 rings (SSSR count). The Morgan fingerprint density at radius 2 is 1.07 bits per heavy atom. The normalized spacial score (nSPS) is 13.0. The van der Waals surface area contributed by atoms with Crippen LogP contribution in [0.4, 0.5) is 5.69 Å². The number of rotatable bonds is 4. The van der Waals surface area contributed by atoms with E-state index in [4.69, 9.17) is 21.5 Å². The summed E-state index contributed by atoms with van der Waals surface area (Å²) in [6.45, 7) is 8.62. The zero-order valence-electron chi connectivity index (χ0n) is 32.4. The number of aromatic nitrogens is 4. The smallest absolute Gasteiger partial charge is 0.212 e. The van der Waals surface area contributed by atoms with E-state index in [1.54, 1.807) is 0 Å². The average molecular weight is 795 g/mol. The van der Waals surface area contributed by atoms with Crippen LogP contribution >= 0.6 is 11.8 Å². The van der Waals surface area contributed by atoms with Crippen LogP contribution in [0, 0.1) is 17.9 Å². The molecule has 3 heterocycles. The lowest BCUT2D eigenvalue weighted by molar-refractivity contribution is 0.723. The molecule has 0 N–H and O–H groups in total. The molecular weight excluding hydrogens is 765 g/mol. The second-order valence-electron chi connectivity index (χ2n) is 15.3. The molecule has 6 nitrogen and oxygen atoms in total. The van der Waals surface area contributed by atoms with Gasteiger partial charge in [-0.3, -0.25) is 0 Å². The number of para-hydroxylation sites is 1. The van der Waals surface area contributed by atoms with Gasteiger partial charge in [-0.05, 0) is 75.8 Å². The largest absolute Gasteiger partial charge is 0.318 e. The van der Waals surface area contributed by atoms with Gasteiger partial charge in [-0.2, -0.15) is 5.26 Å². The van der Waals surface area contributed by atoms with Gasteiger partial charge < -0.3 is 4.57 Å². The van der Waals surface area contributed by atoms with Crippen LogP contribution in [0.25, 0.3) is 77.6 Å². The summed E-state index contributed by atoms with van der Waals surface area (Å²) in [7, 11) is 0. The Kier molecular flexibility index (Phi) is 7.71. The first-order chi connectivity index (χ1) is 30.1. The maximum Gasteiger partial charge on any atom is 0.212 e. The molecule has 0 saturated carbocycles. The van der Waals surface area contributed by atoms with Crippen LogP contribution in [-0.2, 0) is 5.41 Å². The molecule has 0 fully saturated rings. The third kappa shape index (κ3) is 5.05. The molecule has 2 aliphatic rings. The summed E-state index contributed by atoms with van der Waals surface area (Å²) in [6.07, 6.45) is 0. The van der Waals surface area contributed by atoms with Crippen molar-refractivity contribution in [2.45, 2.75) is 15.2 Å². The van der Waals surface area contributed by atoms with E-state index in [9.17, 15) is 5.26 Å². The third-order valence-electron chi connectivity index (χ3n) is 12.2. The minimum Gasteiger partial charge on any atom is -0.318 e. The van der Waals surface area contributed by atoms with Gasteiger partial charge in [0.1, 0.15) is 0 Å². The Balaban J connectivity index is 1.12. The van der Waals surface area contributed by atoms with Crippen LogP contribution < -0.4 is 0 Å². The van der Waals surface area contributed by atoms with Gasteiger partial charge in [-0.25, -0.2) is 19.8 Å². The van der Waals surface area contributed by atoms with E-state index in [1.807, 2.05) is 90.6 Å². The van der Waals surface area contributed by atoms with E-state index >= 15 is 0 Å². The van der Waals surface area contributed by atoms with E-state index in [0.29, 0.717) is 40.0 Å². The predicted octanol–water partition coefficient (Wildman–Crippen LogP) is 13.2. The van der Waals surface area contributed by atoms with Gasteiger partial charge in [0.05, 0.1) is 40.3 Å². The van der Waals surface area contributed by atoms with Gasteiger partial charge in [0.15, 0.2) is 17.5 Å². The number of hydrogen-bond acceptors (Lipinski definition) is 5. The first-order valence-corrected chi connectivity index (χ1v) is 20.8. The zero-order chi connectivity index (χ0) is 40.7. The van der Waals surface area contributed by atoms with Gasteiger partial charge in [0, 0.05) is 37.3 Å². The highest BCUT2D eigenvalue weighted by molar-refractivity contribution is 7.99. The molecule has 0 bridgehead atoms. The van der Waals surface area contributed by atoms with E-state index in [0.717, 1.165) is 38.5 Å². The lowest BCUT2D eigenvalue weighted by Crippen LogP contribution is -2.31. The Morgan fingerprint density at radius 3 is 1.70 bits per heavy atom. The van der Waals surface area contributed by atoms with Gasteiger partial charge in [0.2, 0.25) is 5.69 Å². The molecule has 1 aliphatic heterocycles. The SMILES string of the molecule is [C-]#[N+]c1cc(-c2nc(-c3ccccc3)nc(-c3ccccc3)n2)cc(C#N)c1-n1c2ccccc2c2cc3c(cc21)-c1ccccc1C31c2ccccc2Sc2ccccc21. The topological polar surface area (TPSA) is 71.8 Å². The number of fused-ring (bicyclic) bond motifs is 12. The molecule has 61 heavy (non-hydrogen) atoms. The summed E-state index contributed by atoms with van der Waals surface area (Å²) >= 11 is 1.83. The molecule has 0 saturated heterocycles. The second kappa shape index (κ2) is 13.5. The molecule has 2 aromatic heterocycles. The van der Waals surface area contributed by atoms with Crippen molar-refractivity contribution in [1.29, 1.82) is 5.26 Å². The van der Waals surface area contributed by atoms with E-state index in [-0.39, 0.29) is 0 Å². The fraction of sp³-hybridized carbons (Fsp3) is 0.0185. The molecule has 0 unspecified atom stereocenters. The van der Waals surface area contributed by atoms with Crippen molar-refractivity contribution in [3.8, 4) is 57.0 Å². The molecular formula is C54H30N6S. The van der Waals surface area contributed by atoms with Crippen LogP contribution in [0.1, 0.15) is 27.8 Å². The summed E-state index contributed by atoms with van der Waals surface area (Å²) < 4.78 is 2.12. The monoisotopic (exact) mass is 794 g/mol. The van der Waals surface area contributed by atoms with Crippen molar-refractivity contribution >= 4 is 39.3 Å². The van der Waals surface area contributed by atoms with Crippen molar-refractivity contribution in [2.75, 3.05) is 0 Å². The zero-order valence-corrected chi connectivity index (χ0v) is 33.2. The summed E-state index contributed by atoms with van der Waals surface area (Å²) in [4.78, 5) is 21.3. The molecule has 0 amide bonds. The second-order valence-corrected chi connectivity index (χ2v) is 16.4. The fourth-order valence-corrected chi connectivity index (χ4v) is 10.8. The number of nitrogens with zero attached hydrogens (tertiary/aromatic N) is 6. The van der Waals surface area contributed by atoms with Gasteiger partial charge in [-0.1, -0.05) is 151 Å². The third-order valence-corrected chi connectivity index (χ3v) is 13.3. The van der Waals surface area contributed by atoms with Crippen LogP contribution in [0.3, 0.4) is 0 Å². The van der Waals surface area contributed by atoms with E-state index < -0.39 is 5.41 Å². The summed E-state index contributed by atoms with van der Waals surface area (Å²) in [5.74, 6) is 1.40. The van der Waals surface area contributed by atoms with Gasteiger partial charge in [0.25, 0.3) is 0 Å². The van der Waals surface area contributed by atoms with E-state index in [1.165, 1.54) is 37.6 Å². The average Bonchev–Trinajstić information content (AvgIpc) is 3.80. The van der Waals surface area contributed by atoms with Crippen LogP contribution in [-0.4, -0.2) is 19.5 Å². The number of hydrogen-bond donors (Lipinski definition) is 0. The van der Waals surface area contributed by atoms with Crippen molar-refractivity contribution in [3.05, 3.63) is 221 Å². The highest BCUT2D eigenvalue weighted by Crippen LogP contribution is 2.63. The minimum atomic E-state index is -0.537. The van der Waals surface area contributed by atoms with E-state index in [2.05, 4.69) is 119 Å². The van der Waals surface area contributed by atoms with Gasteiger partial charge in [-0.15, -0.1) is 0 Å². The quantitative estimate of drug-likeness (QED) is 0.166. The molecule has 1 aliphatic carbocycles. The lowest BCUT2D eigenvalue weighted by Gasteiger charge is -2.39. The molecule has 1 spiro atoms. The standard InChI is InChI=1S/C54H30N6S/c1-56-45-29-35(53-58-51(33-16-4-2-5-17-33)57-52(59-53)34-18-6-3-7-19-34)28-36(32-55)50(45)60-46-25-13-9-21-38(46)40-30-44-39(31-47(40)60)37-20-8-10-22-41(37)54(44)42-23-11-14-26-48(42)61-49-27-15-12-24-43(49)54/h2-31H. The highest BCUT2D eigenvalue weighted by atomic mass is 32.2. The minimum absolute atomic E-state index is 0.323. The Hall–Kier alpha value is -8.10. The van der Waals surface area contributed by atoms with Crippen LogP contribution in [0.2, 0.25) is 0 Å². The first-order valence-electron chi connectivity index (χ1n) is 20.0. The molecule has 0 radical (unpaired) electrons. The van der Waals surface area contributed by atoms with Crippen molar-refractivity contribution in [1.82, 2.24) is 19.5 Å². The summed E-state index contributed by atoms with van der Waals surface area (Å²) in [6, 6.07) is 65.1. The number of benzene rings is 8. The summed E-state index contributed by atoms with van der Waals surface area (Å²) in [5, 5.41) is 13.1. The lowest BCUT2D eigenvalue weighted by atomic mass is 9.67. The Labute approximate surface area is 355 Å². The maximum absolute atomic E-state index is 11.0. The van der Waals surface area contributed by atoms with Crippen molar-refractivity contribution in [2.24, 2.45) is 0 Å². The predicted molar refractivity (Wildman–Crippen MR) is 243 cm³/mol. The first kappa shape index (κ1) is 34.9. The fourth-order valence-electron chi connectivity index (χ4n) is 9.65. The Bertz CT molecular complexity index is 3400. The van der Waals surface area contributed by atoms with Crippen molar-refractivity contribution < 1.29 is 0 Å². The van der Waals surface area contributed by atoms with Crippen LogP contribution in [0.5, 0.6) is 0 Å².